The molecule has 0 saturated carbocycles. The Labute approximate surface area is 328 Å². The lowest BCUT2D eigenvalue weighted by Gasteiger charge is -2.17. The summed E-state index contributed by atoms with van der Waals surface area (Å²) in [5.74, 6) is 0. The highest BCUT2D eigenvalue weighted by atomic mass is 15.0. The molecule has 12 rings (SSSR count). The number of fused-ring (bicyclic) bond motifs is 9. The molecule has 0 spiro atoms. The molecule has 0 unspecified atom stereocenters. The van der Waals surface area contributed by atoms with E-state index in [1.165, 1.54) is 71.3 Å². The van der Waals surface area contributed by atoms with Crippen molar-refractivity contribution >= 4 is 65.4 Å². The summed E-state index contributed by atoms with van der Waals surface area (Å²) in [4.78, 5) is 4.60. The van der Waals surface area contributed by atoms with Crippen LogP contribution in [0.2, 0.25) is 0 Å². The molecule has 0 aliphatic rings. The molecule has 0 amide bonds. The Morgan fingerprint density at radius 2 is 0.860 bits per heavy atom. The number of rotatable bonds is 5. The van der Waals surface area contributed by atoms with E-state index < -0.39 is 0 Å². The van der Waals surface area contributed by atoms with Crippen LogP contribution in [0.3, 0.4) is 0 Å². The van der Waals surface area contributed by atoms with Gasteiger partial charge in [0.15, 0.2) is 0 Å². The van der Waals surface area contributed by atoms with Gasteiger partial charge in [-0.1, -0.05) is 121 Å². The summed E-state index contributed by atoms with van der Waals surface area (Å²) in [5.41, 5.74) is 15.2. The minimum absolute atomic E-state index is 1.11. The fourth-order valence-corrected chi connectivity index (χ4v) is 9.30. The van der Waals surface area contributed by atoms with Crippen molar-refractivity contribution in [2.75, 3.05) is 0 Å². The van der Waals surface area contributed by atoms with E-state index in [1.807, 2.05) is 12.4 Å². The molecule has 0 atom stereocenters. The van der Waals surface area contributed by atoms with Crippen molar-refractivity contribution in [3.8, 4) is 39.3 Å². The highest BCUT2D eigenvalue weighted by molar-refractivity contribution is 6.18. The van der Waals surface area contributed by atoms with Crippen molar-refractivity contribution in [2.24, 2.45) is 0 Å². The van der Waals surface area contributed by atoms with E-state index in [9.17, 15) is 0 Å². The maximum absolute atomic E-state index is 4.60. The van der Waals surface area contributed by atoms with Crippen molar-refractivity contribution in [3.05, 3.63) is 207 Å². The van der Waals surface area contributed by atoms with Gasteiger partial charge >= 0.3 is 0 Å². The van der Waals surface area contributed by atoms with Gasteiger partial charge in [-0.15, -0.1) is 0 Å². The first-order chi connectivity index (χ1) is 28.3. The van der Waals surface area contributed by atoms with Crippen LogP contribution < -0.4 is 0 Å². The normalized spacial score (nSPS) is 11.9. The third kappa shape index (κ3) is 4.71. The van der Waals surface area contributed by atoms with Gasteiger partial charge in [0.1, 0.15) is 0 Å². The van der Waals surface area contributed by atoms with Crippen molar-refractivity contribution in [3.63, 3.8) is 0 Å². The average molecular weight is 727 g/mol. The second kappa shape index (κ2) is 12.4. The molecule has 12 aromatic rings. The van der Waals surface area contributed by atoms with Gasteiger partial charge in [0.2, 0.25) is 0 Å². The molecule has 0 aliphatic carbocycles. The molecule has 0 aliphatic heterocycles. The maximum Gasteiger partial charge on any atom is 0.0619 e. The number of pyridine rings is 1. The molecule has 0 fully saturated rings. The molecular formula is C53H34N4. The predicted octanol–water partition coefficient (Wildman–Crippen LogP) is 13.7. The molecule has 4 heteroatoms. The topological polar surface area (TPSA) is 27.7 Å². The lowest BCUT2D eigenvalue weighted by molar-refractivity contribution is 1.16. The molecule has 266 valence electrons. The highest BCUT2D eigenvalue weighted by Gasteiger charge is 2.22. The zero-order valence-electron chi connectivity index (χ0n) is 30.9. The standard InChI is InChI=1S/C53H34N4/c1-4-15-35(16-5-1)43-33-52-46(40-22-11-12-25-48(40)56(52)37-19-8-3-9-20-37)32-44(43)42-24-14-23-41-39-21-10-13-26-49(39)57(53(41)42)38-27-28-50-45(31-38)47-34-54-30-29-51(47)55(50)36-17-6-2-7-18-36/h1-34H. The summed E-state index contributed by atoms with van der Waals surface area (Å²) in [6, 6.07) is 70.5. The first kappa shape index (κ1) is 31.6. The maximum atomic E-state index is 4.60. The average Bonchev–Trinajstić information content (AvgIpc) is 3.92. The van der Waals surface area contributed by atoms with Crippen LogP contribution >= 0.6 is 0 Å². The Balaban J connectivity index is 1.19. The van der Waals surface area contributed by atoms with Gasteiger partial charge in [-0.2, -0.15) is 0 Å². The van der Waals surface area contributed by atoms with Gasteiger partial charge in [0.25, 0.3) is 0 Å². The van der Waals surface area contributed by atoms with Crippen LogP contribution in [0.15, 0.2) is 207 Å². The molecule has 0 saturated heterocycles. The summed E-state index contributed by atoms with van der Waals surface area (Å²) in [6.07, 6.45) is 3.89. The van der Waals surface area contributed by atoms with E-state index in [-0.39, 0.29) is 0 Å². The quantitative estimate of drug-likeness (QED) is 0.174. The predicted molar refractivity (Wildman–Crippen MR) is 238 cm³/mol. The summed E-state index contributed by atoms with van der Waals surface area (Å²) in [7, 11) is 0. The zero-order chi connectivity index (χ0) is 37.5. The number of aromatic nitrogens is 4. The van der Waals surface area contributed by atoms with E-state index in [1.54, 1.807) is 0 Å². The summed E-state index contributed by atoms with van der Waals surface area (Å²) >= 11 is 0. The van der Waals surface area contributed by atoms with Crippen LogP contribution in [0.5, 0.6) is 0 Å². The molecular weight excluding hydrogens is 693 g/mol. The molecule has 57 heavy (non-hydrogen) atoms. The van der Waals surface area contributed by atoms with E-state index >= 15 is 0 Å². The van der Waals surface area contributed by atoms with Crippen LogP contribution in [0.1, 0.15) is 0 Å². The Morgan fingerprint density at radius 3 is 1.60 bits per heavy atom. The Kier molecular flexibility index (Phi) is 6.89. The van der Waals surface area contributed by atoms with Crippen LogP contribution in [0.25, 0.3) is 105 Å². The van der Waals surface area contributed by atoms with Crippen LogP contribution in [0, 0.1) is 0 Å². The van der Waals surface area contributed by atoms with Crippen LogP contribution in [-0.4, -0.2) is 18.7 Å². The van der Waals surface area contributed by atoms with Crippen molar-refractivity contribution < 1.29 is 0 Å². The first-order valence-corrected chi connectivity index (χ1v) is 19.5. The zero-order valence-corrected chi connectivity index (χ0v) is 30.9. The summed E-state index contributed by atoms with van der Waals surface area (Å²) in [5, 5.41) is 7.22. The molecule has 4 nitrogen and oxygen atoms in total. The third-order valence-electron chi connectivity index (χ3n) is 11.7. The minimum Gasteiger partial charge on any atom is -0.309 e. The number of hydrogen-bond donors (Lipinski definition) is 0. The van der Waals surface area contributed by atoms with Gasteiger partial charge in [0, 0.05) is 67.3 Å². The second-order valence-electron chi connectivity index (χ2n) is 14.8. The van der Waals surface area contributed by atoms with Gasteiger partial charge in [-0.25, -0.2) is 0 Å². The summed E-state index contributed by atoms with van der Waals surface area (Å²) < 4.78 is 7.24. The first-order valence-electron chi connectivity index (χ1n) is 19.5. The Bertz CT molecular complexity index is 3500. The molecule has 0 bridgehead atoms. The SMILES string of the molecule is c1ccc(-c2cc3c(cc2-c2cccc4c5ccccc5n(-c5ccc6c(c5)c5cnccc5n6-c5ccccc5)c24)c2ccccc2n3-c2ccccc2)cc1. The van der Waals surface area contributed by atoms with E-state index in [4.69, 9.17) is 0 Å². The molecule has 0 N–H and O–H groups in total. The molecule has 8 aromatic carbocycles. The second-order valence-corrected chi connectivity index (χ2v) is 14.8. The molecule has 4 heterocycles. The monoisotopic (exact) mass is 726 g/mol. The van der Waals surface area contributed by atoms with E-state index in [0.717, 1.165) is 33.5 Å². The van der Waals surface area contributed by atoms with Crippen LogP contribution in [-0.2, 0) is 0 Å². The third-order valence-corrected chi connectivity index (χ3v) is 11.7. The fourth-order valence-electron chi connectivity index (χ4n) is 9.30. The largest absolute Gasteiger partial charge is 0.309 e. The molecule has 4 aromatic heterocycles. The lowest BCUT2D eigenvalue weighted by Crippen LogP contribution is -1.98. The number of benzene rings is 8. The fraction of sp³-hybridized carbons (Fsp3) is 0. The number of hydrogen-bond acceptors (Lipinski definition) is 1. The van der Waals surface area contributed by atoms with Crippen molar-refractivity contribution in [1.29, 1.82) is 0 Å². The lowest BCUT2D eigenvalue weighted by atomic mass is 9.91. The van der Waals surface area contributed by atoms with E-state index in [0.29, 0.717) is 0 Å². The molecule has 0 radical (unpaired) electrons. The Morgan fingerprint density at radius 1 is 0.298 bits per heavy atom. The minimum atomic E-state index is 1.11. The van der Waals surface area contributed by atoms with Gasteiger partial charge < -0.3 is 13.7 Å². The smallest absolute Gasteiger partial charge is 0.0619 e. The van der Waals surface area contributed by atoms with E-state index in [2.05, 4.69) is 213 Å². The van der Waals surface area contributed by atoms with Gasteiger partial charge in [0.05, 0.1) is 33.1 Å². The van der Waals surface area contributed by atoms with Gasteiger partial charge in [-0.05, 0) is 89.5 Å². The van der Waals surface area contributed by atoms with Crippen molar-refractivity contribution in [2.45, 2.75) is 0 Å². The number of para-hydroxylation sites is 5. The summed E-state index contributed by atoms with van der Waals surface area (Å²) in [6.45, 7) is 0. The number of nitrogens with zero attached hydrogens (tertiary/aromatic N) is 4. The Hall–Kier alpha value is -7.69. The highest BCUT2D eigenvalue weighted by Crippen LogP contribution is 2.45. The van der Waals surface area contributed by atoms with Gasteiger partial charge in [-0.3, -0.25) is 4.98 Å². The van der Waals surface area contributed by atoms with Crippen molar-refractivity contribution in [1.82, 2.24) is 18.7 Å². The van der Waals surface area contributed by atoms with Crippen LogP contribution in [0.4, 0.5) is 0 Å².